The van der Waals surface area contributed by atoms with E-state index in [0.29, 0.717) is 0 Å². The first-order chi connectivity index (χ1) is 6.46. The van der Waals surface area contributed by atoms with Crippen molar-refractivity contribution in [2.75, 3.05) is 0 Å². The fourth-order valence-corrected chi connectivity index (χ4v) is 3.48. The maximum absolute atomic E-state index is 11.3. The van der Waals surface area contributed by atoms with Gasteiger partial charge in [-0.25, -0.2) is 0 Å². The Morgan fingerprint density at radius 3 is 2.50 bits per heavy atom. The lowest BCUT2D eigenvalue weighted by Crippen LogP contribution is -2.51. The summed E-state index contributed by atoms with van der Waals surface area (Å²) in [4.78, 5) is 12.3. The lowest BCUT2D eigenvalue weighted by Gasteiger charge is -2.49. The Morgan fingerprint density at radius 2 is 2.14 bits per heavy atom. The third kappa shape index (κ3) is 1.27. The lowest BCUT2D eigenvalue weighted by atomic mass is 9.54. The standard InChI is InChI=1S/C11H14O2S/c1-10(2)6-11(7-10,9(12)13)8-4-3-5-14-8/h3-5H,6-7H2,1-2H3,(H,12,13). The van der Waals surface area contributed by atoms with E-state index in [1.54, 1.807) is 11.3 Å². The number of thiophene rings is 1. The Labute approximate surface area is 87.6 Å². The van der Waals surface area contributed by atoms with E-state index in [2.05, 4.69) is 13.8 Å². The monoisotopic (exact) mass is 210 g/mol. The van der Waals surface area contributed by atoms with Crippen LogP contribution in [-0.2, 0) is 10.2 Å². The molecule has 3 heteroatoms. The lowest BCUT2D eigenvalue weighted by molar-refractivity contribution is -0.153. The summed E-state index contributed by atoms with van der Waals surface area (Å²) in [7, 11) is 0. The van der Waals surface area contributed by atoms with Crippen LogP contribution in [0, 0.1) is 5.41 Å². The molecule has 0 saturated heterocycles. The van der Waals surface area contributed by atoms with Gasteiger partial charge in [0.15, 0.2) is 0 Å². The van der Waals surface area contributed by atoms with E-state index < -0.39 is 11.4 Å². The first kappa shape index (κ1) is 9.71. The SMILES string of the molecule is CC1(C)CC(C(=O)O)(c2cccs2)C1. The molecule has 0 aromatic carbocycles. The van der Waals surface area contributed by atoms with Crippen molar-refractivity contribution >= 4 is 17.3 Å². The fourth-order valence-electron chi connectivity index (χ4n) is 2.56. The van der Waals surface area contributed by atoms with Gasteiger partial charge in [0.1, 0.15) is 5.41 Å². The number of carboxylic acid groups (broad SMARTS) is 1. The van der Waals surface area contributed by atoms with Crippen LogP contribution in [0.3, 0.4) is 0 Å². The molecule has 0 spiro atoms. The van der Waals surface area contributed by atoms with E-state index in [-0.39, 0.29) is 5.41 Å². The minimum absolute atomic E-state index is 0.183. The van der Waals surface area contributed by atoms with Crippen LogP contribution < -0.4 is 0 Å². The summed E-state index contributed by atoms with van der Waals surface area (Å²) in [5.74, 6) is -0.667. The molecule has 1 aromatic rings. The second-order valence-corrected chi connectivity index (χ2v) is 5.83. The van der Waals surface area contributed by atoms with Crippen LogP contribution in [0.15, 0.2) is 17.5 Å². The highest BCUT2D eigenvalue weighted by atomic mass is 32.1. The molecule has 0 bridgehead atoms. The molecular weight excluding hydrogens is 196 g/mol. The molecule has 1 heterocycles. The third-order valence-electron chi connectivity index (χ3n) is 2.96. The predicted octanol–water partition coefficient (Wildman–Crippen LogP) is 2.89. The van der Waals surface area contributed by atoms with Gasteiger partial charge < -0.3 is 5.11 Å². The quantitative estimate of drug-likeness (QED) is 0.815. The van der Waals surface area contributed by atoms with Crippen molar-refractivity contribution in [2.45, 2.75) is 32.1 Å². The Bertz CT molecular complexity index is 343. The van der Waals surface area contributed by atoms with E-state index in [4.69, 9.17) is 0 Å². The summed E-state index contributed by atoms with van der Waals surface area (Å²) in [5.41, 5.74) is -0.403. The van der Waals surface area contributed by atoms with Crippen LogP contribution in [0.4, 0.5) is 0 Å². The summed E-state index contributed by atoms with van der Waals surface area (Å²) in [6.07, 6.45) is 1.52. The number of carboxylic acids is 1. The fraction of sp³-hybridized carbons (Fsp3) is 0.545. The van der Waals surface area contributed by atoms with Crippen molar-refractivity contribution in [1.29, 1.82) is 0 Å². The largest absolute Gasteiger partial charge is 0.481 e. The molecule has 0 unspecified atom stereocenters. The topological polar surface area (TPSA) is 37.3 Å². The summed E-state index contributed by atoms with van der Waals surface area (Å²) in [5, 5.41) is 11.2. The highest BCUT2D eigenvalue weighted by molar-refractivity contribution is 7.10. The van der Waals surface area contributed by atoms with Gasteiger partial charge in [0, 0.05) is 4.88 Å². The second-order valence-electron chi connectivity index (χ2n) is 4.88. The van der Waals surface area contributed by atoms with Gasteiger partial charge in [-0.2, -0.15) is 0 Å². The highest BCUT2D eigenvalue weighted by Crippen LogP contribution is 2.56. The molecule has 1 fully saturated rings. The molecule has 1 aliphatic rings. The molecule has 0 atom stereocenters. The smallest absolute Gasteiger partial charge is 0.315 e. The van der Waals surface area contributed by atoms with Crippen molar-refractivity contribution in [3.05, 3.63) is 22.4 Å². The van der Waals surface area contributed by atoms with Crippen LogP contribution in [-0.4, -0.2) is 11.1 Å². The minimum Gasteiger partial charge on any atom is -0.481 e. The maximum Gasteiger partial charge on any atom is 0.315 e. The van der Waals surface area contributed by atoms with Crippen molar-refractivity contribution in [3.63, 3.8) is 0 Å². The van der Waals surface area contributed by atoms with Crippen LogP contribution >= 0.6 is 11.3 Å². The van der Waals surface area contributed by atoms with Crippen LogP contribution in [0.1, 0.15) is 31.6 Å². The first-order valence-corrected chi connectivity index (χ1v) is 5.62. The number of rotatable bonds is 2. The summed E-state index contributed by atoms with van der Waals surface area (Å²) >= 11 is 1.55. The van der Waals surface area contributed by atoms with Crippen LogP contribution in [0.2, 0.25) is 0 Å². The molecule has 0 amide bonds. The van der Waals surface area contributed by atoms with Gasteiger partial charge in [0.2, 0.25) is 0 Å². The van der Waals surface area contributed by atoms with Crippen molar-refractivity contribution < 1.29 is 9.90 Å². The second kappa shape index (κ2) is 2.83. The zero-order valence-corrected chi connectivity index (χ0v) is 9.23. The van der Waals surface area contributed by atoms with E-state index in [9.17, 15) is 9.90 Å². The van der Waals surface area contributed by atoms with Crippen LogP contribution in [0.5, 0.6) is 0 Å². The number of hydrogen-bond acceptors (Lipinski definition) is 2. The number of carbonyl (C=O) groups is 1. The van der Waals surface area contributed by atoms with Gasteiger partial charge in [-0.3, -0.25) is 4.79 Å². The zero-order chi connectivity index (χ0) is 10.4. The molecule has 2 nitrogen and oxygen atoms in total. The van der Waals surface area contributed by atoms with Gasteiger partial charge in [-0.1, -0.05) is 19.9 Å². The summed E-state index contributed by atoms with van der Waals surface area (Å²) in [6.45, 7) is 4.25. The molecule has 2 rings (SSSR count). The van der Waals surface area contributed by atoms with Crippen molar-refractivity contribution in [3.8, 4) is 0 Å². The molecule has 1 aromatic heterocycles. The molecular formula is C11H14O2S. The van der Waals surface area contributed by atoms with Gasteiger partial charge in [0.25, 0.3) is 0 Å². The maximum atomic E-state index is 11.3. The van der Waals surface area contributed by atoms with Gasteiger partial charge in [0.05, 0.1) is 0 Å². The molecule has 0 aliphatic heterocycles. The zero-order valence-electron chi connectivity index (χ0n) is 8.41. The Balaban J connectivity index is 2.32. The Hall–Kier alpha value is -0.830. The summed E-state index contributed by atoms with van der Waals surface area (Å²) in [6, 6.07) is 3.87. The van der Waals surface area contributed by atoms with Crippen LogP contribution in [0.25, 0.3) is 0 Å². The number of aliphatic carboxylic acids is 1. The van der Waals surface area contributed by atoms with E-state index >= 15 is 0 Å². The summed E-state index contributed by atoms with van der Waals surface area (Å²) < 4.78 is 0. The van der Waals surface area contributed by atoms with Gasteiger partial charge in [-0.05, 0) is 29.7 Å². The average molecular weight is 210 g/mol. The predicted molar refractivity (Wildman–Crippen MR) is 56.6 cm³/mol. The molecule has 1 saturated carbocycles. The normalized spacial score (nSPS) is 22.7. The van der Waals surface area contributed by atoms with Crippen molar-refractivity contribution in [1.82, 2.24) is 0 Å². The third-order valence-corrected chi connectivity index (χ3v) is 4.04. The Kier molecular flexibility index (Phi) is 1.96. The Morgan fingerprint density at radius 1 is 1.50 bits per heavy atom. The van der Waals surface area contributed by atoms with E-state index in [1.807, 2.05) is 17.5 Å². The number of hydrogen-bond donors (Lipinski definition) is 1. The average Bonchev–Trinajstić information content (AvgIpc) is 2.50. The van der Waals surface area contributed by atoms with Gasteiger partial charge >= 0.3 is 5.97 Å². The molecule has 1 aliphatic carbocycles. The van der Waals surface area contributed by atoms with E-state index in [0.717, 1.165) is 17.7 Å². The molecule has 76 valence electrons. The van der Waals surface area contributed by atoms with E-state index in [1.165, 1.54) is 0 Å². The van der Waals surface area contributed by atoms with Gasteiger partial charge in [-0.15, -0.1) is 11.3 Å². The molecule has 14 heavy (non-hydrogen) atoms. The molecule has 0 radical (unpaired) electrons. The molecule has 1 N–H and O–H groups in total. The first-order valence-electron chi connectivity index (χ1n) is 4.74. The highest BCUT2D eigenvalue weighted by Gasteiger charge is 2.56. The minimum atomic E-state index is -0.667. The van der Waals surface area contributed by atoms with Crippen molar-refractivity contribution in [2.24, 2.45) is 5.41 Å².